The zero-order valence-electron chi connectivity index (χ0n) is 19.5. The van der Waals surface area contributed by atoms with Gasteiger partial charge in [0.2, 0.25) is 0 Å². The molecule has 1 amide bonds. The second-order valence-corrected chi connectivity index (χ2v) is 8.77. The van der Waals surface area contributed by atoms with Crippen molar-refractivity contribution in [1.29, 1.82) is 0 Å². The molecule has 2 aromatic carbocycles. The minimum Gasteiger partial charge on any atom is -0.494 e. The fraction of sp³-hybridized carbons (Fsp3) is 0.280. The molecule has 3 aromatic rings. The third-order valence-electron chi connectivity index (χ3n) is 6.69. The lowest BCUT2D eigenvalue weighted by Gasteiger charge is -2.36. The Morgan fingerprint density at radius 2 is 2.03 bits per heavy atom. The van der Waals surface area contributed by atoms with Gasteiger partial charge in [-0.05, 0) is 67.3 Å². The van der Waals surface area contributed by atoms with Crippen molar-refractivity contribution in [3.63, 3.8) is 0 Å². The maximum absolute atomic E-state index is 14.2. The molecule has 0 radical (unpaired) electrons. The third-order valence-corrected chi connectivity index (χ3v) is 6.69. The van der Waals surface area contributed by atoms with Gasteiger partial charge in [0.05, 0.1) is 18.4 Å². The number of amidine groups is 1. The molecule has 35 heavy (non-hydrogen) atoms. The molecule has 1 saturated heterocycles. The first-order chi connectivity index (χ1) is 16.9. The van der Waals surface area contributed by atoms with Gasteiger partial charge in [0.25, 0.3) is 5.91 Å². The average molecular weight is 474 g/mol. The zero-order valence-corrected chi connectivity index (χ0v) is 19.5. The normalized spacial score (nSPS) is 21.9. The molecule has 0 saturated carbocycles. The molecule has 0 N–H and O–H groups in total. The lowest BCUT2D eigenvalue weighted by molar-refractivity contribution is -0.157. The van der Waals surface area contributed by atoms with Crippen LogP contribution in [-0.2, 0) is 15.4 Å². The summed E-state index contributed by atoms with van der Waals surface area (Å²) >= 11 is 0. The van der Waals surface area contributed by atoms with E-state index < -0.39 is 11.5 Å². The number of carbonyl (C=O) groups excluding carboxylic acids is 1. The molecule has 1 unspecified atom stereocenters. The highest BCUT2D eigenvalue weighted by Gasteiger charge is 2.62. The van der Waals surface area contributed by atoms with Gasteiger partial charge in [0.1, 0.15) is 29.4 Å². The predicted molar refractivity (Wildman–Crippen MR) is 127 cm³/mol. The number of hydrogen-bond acceptors (Lipinski definition) is 7. The van der Waals surface area contributed by atoms with E-state index >= 15 is 0 Å². The van der Waals surface area contributed by atoms with Crippen molar-refractivity contribution in [2.24, 2.45) is 5.16 Å². The van der Waals surface area contributed by atoms with Crippen molar-refractivity contribution in [1.82, 2.24) is 19.7 Å². The number of rotatable bonds is 3. The first-order valence-electron chi connectivity index (χ1n) is 11.3. The van der Waals surface area contributed by atoms with Gasteiger partial charge in [0, 0.05) is 13.6 Å². The maximum Gasteiger partial charge on any atom is 0.318 e. The number of likely N-dealkylation sites (N-methyl/N-ethyl adjacent to an activating group) is 1. The van der Waals surface area contributed by atoms with Gasteiger partial charge in [-0.1, -0.05) is 11.2 Å². The van der Waals surface area contributed by atoms with Crippen molar-refractivity contribution in [3.05, 3.63) is 71.1 Å². The first-order valence-corrected chi connectivity index (χ1v) is 11.3. The highest BCUT2D eigenvalue weighted by molar-refractivity contribution is 6.12. The van der Waals surface area contributed by atoms with Crippen molar-refractivity contribution >= 4 is 23.5 Å². The van der Waals surface area contributed by atoms with Gasteiger partial charge in [-0.2, -0.15) is 5.10 Å². The highest BCUT2D eigenvalue weighted by atomic mass is 19.1. The van der Waals surface area contributed by atoms with Crippen molar-refractivity contribution < 1.29 is 18.8 Å². The summed E-state index contributed by atoms with van der Waals surface area (Å²) in [6.45, 7) is 2.40. The minimum atomic E-state index is -1.48. The van der Waals surface area contributed by atoms with Crippen LogP contribution in [0.4, 0.5) is 10.1 Å². The Bertz CT molecular complexity index is 1430. The summed E-state index contributed by atoms with van der Waals surface area (Å²) in [7, 11) is 3.28. The van der Waals surface area contributed by atoms with Crippen LogP contribution in [0.5, 0.6) is 5.75 Å². The molecule has 10 heteroatoms. The number of halogens is 1. The monoisotopic (exact) mass is 474 g/mol. The Hall–Kier alpha value is -4.21. The number of aryl methyl sites for hydroxylation is 1. The molecule has 0 aliphatic carbocycles. The Kier molecular flexibility index (Phi) is 4.67. The number of piperidine rings is 1. The van der Waals surface area contributed by atoms with E-state index in [2.05, 4.69) is 15.2 Å². The number of amides is 1. The molecule has 1 aromatic heterocycles. The number of oxime groups is 1. The van der Waals surface area contributed by atoms with E-state index in [-0.39, 0.29) is 5.91 Å². The van der Waals surface area contributed by atoms with Gasteiger partial charge >= 0.3 is 5.72 Å². The lowest BCUT2D eigenvalue weighted by Crippen LogP contribution is -2.54. The molecule has 6 rings (SSSR count). The molecule has 3 aliphatic rings. The first kappa shape index (κ1) is 21.3. The molecule has 0 bridgehead atoms. The molecule has 1 spiro atoms. The predicted octanol–water partition coefficient (Wildman–Crippen LogP) is 3.38. The fourth-order valence-electron chi connectivity index (χ4n) is 5.04. The number of nitrogens with zero attached hydrogens (tertiary/aromatic N) is 6. The molecule has 1 atom stereocenters. The summed E-state index contributed by atoms with van der Waals surface area (Å²) in [5.74, 6) is 1.19. The molecular formula is C25H23FN6O3. The van der Waals surface area contributed by atoms with Crippen LogP contribution in [0.15, 0.2) is 53.5 Å². The smallest absolute Gasteiger partial charge is 0.318 e. The van der Waals surface area contributed by atoms with Crippen LogP contribution in [-0.4, -0.2) is 52.1 Å². The van der Waals surface area contributed by atoms with Gasteiger partial charge < -0.3 is 19.4 Å². The molecule has 9 nitrogen and oxygen atoms in total. The van der Waals surface area contributed by atoms with Gasteiger partial charge in [0.15, 0.2) is 5.84 Å². The number of aromatic nitrogens is 3. The summed E-state index contributed by atoms with van der Waals surface area (Å²) in [5.41, 5.74) is 2.23. The SMILES string of the molecule is COc1cc(/C=C2\CCCN3C2=NOC32C(=O)N(C)c3ccc(F)cc32)ccc1-n1cnc(C)n1. The molecule has 4 heterocycles. The van der Waals surface area contributed by atoms with Crippen LogP contribution in [0.1, 0.15) is 29.8 Å². The molecule has 178 valence electrons. The average Bonchev–Trinajstić information content (AvgIpc) is 3.52. The van der Waals surface area contributed by atoms with E-state index in [1.807, 2.05) is 36.1 Å². The minimum absolute atomic E-state index is 0.285. The van der Waals surface area contributed by atoms with Crippen LogP contribution in [0.25, 0.3) is 11.8 Å². The van der Waals surface area contributed by atoms with Crippen molar-refractivity contribution in [2.75, 3.05) is 25.6 Å². The molecule has 3 aliphatic heterocycles. The van der Waals surface area contributed by atoms with Crippen LogP contribution in [0.3, 0.4) is 0 Å². The van der Waals surface area contributed by atoms with Crippen molar-refractivity contribution in [3.8, 4) is 11.4 Å². The summed E-state index contributed by atoms with van der Waals surface area (Å²) in [5, 5.41) is 8.71. The topological polar surface area (TPSA) is 85.1 Å². The Balaban J connectivity index is 1.37. The van der Waals surface area contributed by atoms with E-state index in [4.69, 9.17) is 9.57 Å². The summed E-state index contributed by atoms with van der Waals surface area (Å²) in [6, 6.07) is 10.1. The van der Waals surface area contributed by atoms with Gasteiger partial charge in [-0.3, -0.25) is 4.79 Å². The van der Waals surface area contributed by atoms with Crippen LogP contribution in [0.2, 0.25) is 0 Å². The van der Waals surface area contributed by atoms with Crippen molar-refractivity contribution in [2.45, 2.75) is 25.5 Å². The second-order valence-electron chi connectivity index (χ2n) is 8.77. The quantitative estimate of drug-likeness (QED) is 0.579. The van der Waals surface area contributed by atoms with E-state index in [0.717, 1.165) is 29.7 Å². The number of benzene rings is 2. The number of hydrogen-bond donors (Lipinski definition) is 0. The van der Waals surface area contributed by atoms with E-state index in [9.17, 15) is 9.18 Å². The van der Waals surface area contributed by atoms with Crippen LogP contribution >= 0.6 is 0 Å². The number of anilines is 1. The van der Waals surface area contributed by atoms with Gasteiger partial charge in [-0.15, -0.1) is 0 Å². The summed E-state index contributed by atoms with van der Waals surface area (Å²) in [4.78, 5) is 26.8. The number of ether oxygens (including phenoxy) is 1. The lowest BCUT2D eigenvalue weighted by atomic mass is 9.95. The van der Waals surface area contributed by atoms with Crippen LogP contribution in [0, 0.1) is 12.7 Å². The number of carbonyl (C=O) groups is 1. The standard InChI is InChI=1S/C25H23FN6O3/c1-15-27-14-32(28-15)21-8-6-16(12-22(21)34-3)11-17-5-4-10-31-23(17)29-35-25(31)19-13-18(26)7-9-20(19)30(2)24(25)33/h6-9,11-14H,4-5,10H2,1-3H3/b17-11+. The van der Waals surface area contributed by atoms with E-state index in [0.29, 0.717) is 35.2 Å². The fourth-order valence-corrected chi connectivity index (χ4v) is 5.04. The molecular weight excluding hydrogens is 451 g/mol. The Morgan fingerprint density at radius 1 is 1.20 bits per heavy atom. The van der Waals surface area contributed by atoms with E-state index in [1.54, 1.807) is 31.2 Å². The Labute approximate surface area is 201 Å². The van der Waals surface area contributed by atoms with Gasteiger partial charge in [-0.25, -0.2) is 14.1 Å². The number of fused-ring (bicyclic) bond motifs is 4. The summed E-state index contributed by atoms with van der Waals surface area (Å²) < 4.78 is 21.5. The largest absolute Gasteiger partial charge is 0.494 e. The third kappa shape index (κ3) is 3.05. The highest BCUT2D eigenvalue weighted by Crippen LogP contribution is 2.49. The van der Waals surface area contributed by atoms with Crippen LogP contribution < -0.4 is 9.64 Å². The maximum atomic E-state index is 14.2. The summed E-state index contributed by atoms with van der Waals surface area (Å²) in [6.07, 6.45) is 5.22. The van der Waals surface area contributed by atoms with E-state index in [1.165, 1.54) is 17.0 Å². The zero-order chi connectivity index (χ0) is 24.3. The molecule has 1 fully saturated rings. The number of methoxy groups -OCH3 is 1. The Morgan fingerprint density at radius 3 is 2.80 bits per heavy atom. The second kappa shape index (κ2) is 7.66.